The van der Waals surface area contributed by atoms with Gasteiger partial charge in [0.2, 0.25) is 0 Å². The molecule has 0 saturated heterocycles. The van der Waals surface area contributed by atoms with Crippen LogP contribution in [0.2, 0.25) is 0 Å². The summed E-state index contributed by atoms with van der Waals surface area (Å²) in [6, 6.07) is 0. The molecule has 0 unspecified atom stereocenters. The molecule has 1 heterocycles. The first-order valence-electron chi connectivity index (χ1n) is 5.48. The number of aromatic carboxylic acids is 1. The quantitative estimate of drug-likeness (QED) is 0.877. The Morgan fingerprint density at radius 3 is 2.75 bits per heavy atom. The van der Waals surface area contributed by atoms with Gasteiger partial charge in [-0.3, -0.25) is 4.98 Å². The van der Waals surface area contributed by atoms with Crippen LogP contribution in [0.5, 0.6) is 0 Å². The summed E-state index contributed by atoms with van der Waals surface area (Å²) in [5.74, 6) is -1.02. The normalized spacial score (nSPS) is 17.2. The summed E-state index contributed by atoms with van der Waals surface area (Å²) in [4.78, 5) is 18.7. The Kier molecular flexibility index (Phi) is 3.77. The zero-order chi connectivity index (χ0) is 11.4. The van der Waals surface area contributed by atoms with Crippen molar-refractivity contribution in [3.05, 3.63) is 18.1 Å². The Labute approximate surface area is 98.5 Å². The van der Waals surface area contributed by atoms with Crippen LogP contribution < -0.4 is 0 Å². The summed E-state index contributed by atoms with van der Waals surface area (Å²) in [5.41, 5.74) is 0.0285. The van der Waals surface area contributed by atoms with E-state index in [0.717, 1.165) is 5.03 Å². The minimum absolute atomic E-state index is 0.0285. The minimum atomic E-state index is -1.02. The van der Waals surface area contributed by atoms with Gasteiger partial charge in [-0.2, -0.15) is 0 Å². The predicted octanol–water partition coefficient (Wildman–Crippen LogP) is 2.60. The molecule has 0 bridgehead atoms. The number of carboxylic acids is 1. The Morgan fingerprint density at radius 1 is 1.31 bits per heavy atom. The average Bonchev–Trinajstić information content (AvgIpc) is 2.30. The molecule has 1 aromatic rings. The first kappa shape index (κ1) is 11.4. The van der Waals surface area contributed by atoms with Crippen LogP contribution in [0.1, 0.15) is 42.6 Å². The first-order valence-corrected chi connectivity index (χ1v) is 6.35. The van der Waals surface area contributed by atoms with Crippen molar-refractivity contribution in [2.75, 3.05) is 0 Å². The molecule has 86 valence electrons. The van der Waals surface area contributed by atoms with Crippen LogP contribution in [0.4, 0.5) is 0 Å². The molecule has 1 fully saturated rings. The van der Waals surface area contributed by atoms with E-state index < -0.39 is 5.97 Å². The number of carboxylic acid groups (broad SMARTS) is 1. The third-order valence-corrected chi connectivity index (χ3v) is 3.91. The van der Waals surface area contributed by atoms with Crippen molar-refractivity contribution >= 4 is 17.7 Å². The minimum Gasteiger partial charge on any atom is -0.476 e. The fourth-order valence-corrected chi connectivity index (χ4v) is 3.04. The van der Waals surface area contributed by atoms with Gasteiger partial charge in [0, 0.05) is 5.25 Å². The number of rotatable bonds is 3. The van der Waals surface area contributed by atoms with Crippen LogP contribution in [-0.2, 0) is 0 Å². The van der Waals surface area contributed by atoms with Crippen molar-refractivity contribution in [3.63, 3.8) is 0 Å². The molecule has 5 heteroatoms. The van der Waals surface area contributed by atoms with Crippen LogP contribution in [-0.4, -0.2) is 26.3 Å². The van der Waals surface area contributed by atoms with E-state index in [-0.39, 0.29) is 5.69 Å². The van der Waals surface area contributed by atoms with Crippen molar-refractivity contribution in [3.8, 4) is 0 Å². The van der Waals surface area contributed by atoms with Gasteiger partial charge in [-0.25, -0.2) is 9.78 Å². The van der Waals surface area contributed by atoms with Crippen LogP contribution in [0, 0.1) is 0 Å². The number of aromatic nitrogens is 2. The van der Waals surface area contributed by atoms with Gasteiger partial charge in [0.15, 0.2) is 5.69 Å². The van der Waals surface area contributed by atoms with E-state index in [9.17, 15) is 4.79 Å². The largest absolute Gasteiger partial charge is 0.476 e. The second kappa shape index (κ2) is 5.30. The molecule has 1 aliphatic rings. The SMILES string of the molecule is O=C(O)c1cncc(SC2CCCCC2)n1. The second-order valence-electron chi connectivity index (χ2n) is 3.93. The Bertz CT molecular complexity index is 378. The van der Waals surface area contributed by atoms with E-state index in [1.807, 2.05) is 0 Å². The molecule has 1 aromatic heterocycles. The van der Waals surface area contributed by atoms with E-state index in [1.54, 1.807) is 18.0 Å². The summed E-state index contributed by atoms with van der Waals surface area (Å²) in [5, 5.41) is 10.1. The lowest BCUT2D eigenvalue weighted by Crippen LogP contribution is -2.09. The van der Waals surface area contributed by atoms with Gasteiger partial charge in [0.05, 0.1) is 12.4 Å². The predicted molar refractivity (Wildman–Crippen MR) is 61.7 cm³/mol. The Morgan fingerprint density at radius 2 is 2.06 bits per heavy atom. The van der Waals surface area contributed by atoms with Crippen molar-refractivity contribution in [1.82, 2.24) is 9.97 Å². The second-order valence-corrected chi connectivity index (χ2v) is 5.25. The molecule has 1 aliphatic carbocycles. The van der Waals surface area contributed by atoms with Gasteiger partial charge >= 0.3 is 5.97 Å². The average molecular weight is 238 g/mol. The van der Waals surface area contributed by atoms with Gasteiger partial charge in [0.25, 0.3) is 0 Å². The molecule has 0 aliphatic heterocycles. The van der Waals surface area contributed by atoms with Gasteiger partial charge in [-0.15, -0.1) is 11.8 Å². The zero-order valence-electron chi connectivity index (χ0n) is 8.93. The highest BCUT2D eigenvalue weighted by atomic mass is 32.2. The fourth-order valence-electron chi connectivity index (χ4n) is 1.86. The number of hydrogen-bond acceptors (Lipinski definition) is 4. The molecule has 16 heavy (non-hydrogen) atoms. The lowest BCUT2D eigenvalue weighted by atomic mass is 10.0. The maximum Gasteiger partial charge on any atom is 0.356 e. The molecular formula is C11H14N2O2S. The van der Waals surface area contributed by atoms with E-state index >= 15 is 0 Å². The van der Waals surface area contributed by atoms with Crippen molar-refractivity contribution in [1.29, 1.82) is 0 Å². The lowest BCUT2D eigenvalue weighted by Gasteiger charge is -2.20. The summed E-state index contributed by atoms with van der Waals surface area (Å²) in [6.07, 6.45) is 9.18. The lowest BCUT2D eigenvalue weighted by molar-refractivity contribution is 0.0689. The molecule has 0 spiro atoms. The fraction of sp³-hybridized carbons (Fsp3) is 0.545. The van der Waals surface area contributed by atoms with Gasteiger partial charge in [0.1, 0.15) is 5.03 Å². The highest BCUT2D eigenvalue weighted by Crippen LogP contribution is 2.32. The molecule has 1 N–H and O–H groups in total. The van der Waals surface area contributed by atoms with Gasteiger partial charge in [-0.1, -0.05) is 19.3 Å². The standard InChI is InChI=1S/C11H14N2O2S/c14-11(15)9-6-12-7-10(13-9)16-8-4-2-1-3-5-8/h6-8H,1-5H2,(H,14,15). The van der Waals surface area contributed by atoms with E-state index in [4.69, 9.17) is 5.11 Å². The van der Waals surface area contributed by atoms with E-state index in [2.05, 4.69) is 9.97 Å². The van der Waals surface area contributed by atoms with Gasteiger partial charge < -0.3 is 5.11 Å². The highest BCUT2D eigenvalue weighted by Gasteiger charge is 2.16. The maximum absolute atomic E-state index is 10.7. The summed E-state index contributed by atoms with van der Waals surface area (Å²) in [7, 11) is 0. The zero-order valence-corrected chi connectivity index (χ0v) is 9.74. The Balaban J connectivity index is 2.02. The third-order valence-electron chi connectivity index (χ3n) is 2.67. The highest BCUT2D eigenvalue weighted by molar-refractivity contribution is 7.99. The molecule has 0 radical (unpaired) electrons. The van der Waals surface area contributed by atoms with Crippen LogP contribution in [0.15, 0.2) is 17.4 Å². The molecule has 0 amide bonds. The molecule has 2 rings (SSSR count). The monoisotopic (exact) mass is 238 g/mol. The molecule has 0 atom stereocenters. The molecular weight excluding hydrogens is 224 g/mol. The number of carbonyl (C=O) groups is 1. The molecule has 1 saturated carbocycles. The summed E-state index contributed by atoms with van der Waals surface area (Å²) in [6.45, 7) is 0. The third kappa shape index (κ3) is 2.95. The van der Waals surface area contributed by atoms with E-state index in [0.29, 0.717) is 5.25 Å². The summed E-state index contributed by atoms with van der Waals surface area (Å²) >= 11 is 1.66. The van der Waals surface area contributed by atoms with Crippen molar-refractivity contribution < 1.29 is 9.90 Å². The van der Waals surface area contributed by atoms with Crippen molar-refractivity contribution in [2.24, 2.45) is 0 Å². The van der Waals surface area contributed by atoms with Crippen LogP contribution in [0.3, 0.4) is 0 Å². The van der Waals surface area contributed by atoms with Crippen LogP contribution >= 0.6 is 11.8 Å². The van der Waals surface area contributed by atoms with Crippen molar-refractivity contribution in [2.45, 2.75) is 42.4 Å². The van der Waals surface area contributed by atoms with Crippen LogP contribution in [0.25, 0.3) is 0 Å². The topological polar surface area (TPSA) is 63.1 Å². The smallest absolute Gasteiger partial charge is 0.356 e. The number of thioether (sulfide) groups is 1. The number of hydrogen-bond donors (Lipinski definition) is 1. The van der Waals surface area contributed by atoms with Gasteiger partial charge in [-0.05, 0) is 12.8 Å². The van der Waals surface area contributed by atoms with E-state index in [1.165, 1.54) is 38.3 Å². The number of nitrogens with zero attached hydrogens (tertiary/aromatic N) is 2. The Hall–Kier alpha value is -1.10. The molecule has 4 nitrogen and oxygen atoms in total. The first-order chi connectivity index (χ1) is 7.75. The summed E-state index contributed by atoms with van der Waals surface area (Å²) < 4.78 is 0. The molecule has 0 aromatic carbocycles. The maximum atomic E-state index is 10.7.